The number of nitrogens with zero attached hydrogens (tertiary/aromatic N) is 4. The summed E-state index contributed by atoms with van der Waals surface area (Å²) < 4.78 is 54.0. The van der Waals surface area contributed by atoms with Gasteiger partial charge in [-0.15, -0.1) is 0 Å². The Bertz CT molecular complexity index is 1170. The van der Waals surface area contributed by atoms with Gasteiger partial charge in [0.15, 0.2) is 0 Å². The highest BCUT2D eigenvalue weighted by Crippen LogP contribution is 2.34. The molecule has 1 atom stereocenters. The lowest BCUT2D eigenvalue weighted by atomic mass is 9.97. The predicted octanol–water partition coefficient (Wildman–Crippen LogP) is 2.81. The van der Waals surface area contributed by atoms with Crippen LogP contribution in [0.25, 0.3) is 0 Å². The van der Waals surface area contributed by atoms with E-state index in [1.54, 1.807) is 0 Å². The number of anilines is 2. The second-order valence-electron chi connectivity index (χ2n) is 8.73. The number of carbonyl (C=O) groups excluding carboxylic acids is 2. The molecule has 3 amide bonds. The van der Waals surface area contributed by atoms with Gasteiger partial charge in [-0.2, -0.15) is 13.2 Å². The standard InChI is InChI=1S/C22H22ClF4N5O3/c1-12-5-13(22(25,26)27)6-18(29-12)32-17(8-31(20(32)34)11-21(35)9-28-10-21)19(33)30(2)14-3-4-16(24)15(23)7-14/h3-7,17,28,35H,8-11H2,1-2H3. The minimum atomic E-state index is -4.70. The summed E-state index contributed by atoms with van der Waals surface area (Å²) in [5.41, 5.74) is -2.00. The molecule has 2 aliphatic rings. The van der Waals surface area contributed by atoms with Crippen LogP contribution in [0.4, 0.5) is 33.9 Å². The Hall–Kier alpha value is -2.96. The van der Waals surface area contributed by atoms with E-state index < -0.39 is 41.1 Å². The summed E-state index contributed by atoms with van der Waals surface area (Å²) in [6, 6.07) is 3.14. The highest BCUT2D eigenvalue weighted by Gasteiger charge is 2.48. The molecule has 0 aliphatic carbocycles. The van der Waals surface area contributed by atoms with Gasteiger partial charge in [-0.05, 0) is 37.3 Å². The molecule has 2 N–H and O–H groups in total. The highest BCUT2D eigenvalue weighted by molar-refractivity contribution is 6.31. The molecule has 1 aromatic carbocycles. The molecule has 1 aromatic heterocycles. The molecule has 0 spiro atoms. The van der Waals surface area contributed by atoms with E-state index in [0.29, 0.717) is 6.07 Å². The number of hydrogen-bond donors (Lipinski definition) is 2. The second-order valence-corrected chi connectivity index (χ2v) is 9.13. The molecule has 2 saturated heterocycles. The molecule has 8 nitrogen and oxygen atoms in total. The lowest BCUT2D eigenvalue weighted by Gasteiger charge is -2.40. The summed E-state index contributed by atoms with van der Waals surface area (Å²) in [5.74, 6) is -1.68. The van der Waals surface area contributed by atoms with Gasteiger partial charge in [-0.3, -0.25) is 9.69 Å². The van der Waals surface area contributed by atoms with E-state index in [1.807, 2.05) is 0 Å². The molecule has 0 saturated carbocycles. The van der Waals surface area contributed by atoms with Crippen LogP contribution in [0.2, 0.25) is 5.02 Å². The van der Waals surface area contributed by atoms with Crippen molar-refractivity contribution in [3.63, 3.8) is 0 Å². The maximum atomic E-state index is 13.6. The smallest absolute Gasteiger partial charge is 0.385 e. The third-order valence-electron chi connectivity index (χ3n) is 6.00. The maximum absolute atomic E-state index is 13.6. The highest BCUT2D eigenvalue weighted by atomic mass is 35.5. The third kappa shape index (κ3) is 4.91. The summed E-state index contributed by atoms with van der Waals surface area (Å²) >= 11 is 5.83. The number of aromatic nitrogens is 1. The number of hydrogen-bond acceptors (Lipinski definition) is 5. The topological polar surface area (TPSA) is 89.0 Å². The molecule has 2 aliphatic heterocycles. The molecule has 2 aromatic rings. The summed E-state index contributed by atoms with van der Waals surface area (Å²) in [4.78, 5) is 34.2. The zero-order valence-electron chi connectivity index (χ0n) is 18.7. The van der Waals surface area contributed by atoms with Crippen molar-refractivity contribution in [2.24, 2.45) is 0 Å². The van der Waals surface area contributed by atoms with Crippen LogP contribution in [0.5, 0.6) is 0 Å². The van der Waals surface area contributed by atoms with Crippen LogP contribution >= 0.6 is 11.6 Å². The quantitative estimate of drug-likeness (QED) is 0.598. The molecule has 0 bridgehead atoms. The number of pyridine rings is 1. The molecular formula is C22H22ClF4N5O3. The first-order valence-corrected chi connectivity index (χ1v) is 11.0. The number of likely N-dealkylation sites (N-methyl/N-ethyl adjacent to an activating group) is 1. The summed E-state index contributed by atoms with van der Waals surface area (Å²) in [5, 5.41) is 13.2. The number of aryl methyl sites for hydroxylation is 1. The van der Waals surface area contributed by atoms with Gasteiger partial charge in [0.1, 0.15) is 23.3 Å². The van der Waals surface area contributed by atoms with E-state index in [9.17, 15) is 32.3 Å². The molecule has 3 heterocycles. The Morgan fingerprint density at radius 2 is 2.00 bits per heavy atom. The SMILES string of the molecule is Cc1cc(C(F)(F)F)cc(N2C(=O)N(CC3(O)CNC3)CC2C(=O)N(C)c2ccc(F)c(Cl)c2)n1. The fraction of sp³-hybridized carbons (Fsp3) is 0.409. The van der Waals surface area contributed by atoms with Crippen LogP contribution < -0.4 is 15.1 Å². The Labute approximate surface area is 203 Å². The first kappa shape index (κ1) is 25.1. The van der Waals surface area contributed by atoms with Crippen LogP contribution in [-0.2, 0) is 11.0 Å². The second kappa shape index (κ2) is 8.92. The van der Waals surface area contributed by atoms with E-state index in [-0.39, 0.29) is 48.4 Å². The van der Waals surface area contributed by atoms with Crippen molar-refractivity contribution in [2.45, 2.75) is 24.7 Å². The van der Waals surface area contributed by atoms with Gasteiger partial charge in [-0.1, -0.05) is 11.6 Å². The lowest BCUT2D eigenvalue weighted by Crippen LogP contribution is -2.64. The molecule has 0 radical (unpaired) electrons. The van der Waals surface area contributed by atoms with Gasteiger partial charge >= 0.3 is 12.2 Å². The average Bonchev–Trinajstić information content (AvgIpc) is 3.08. The Kier molecular flexibility index (Phi) is 6.41. The largest absolute Gasteiger partial charge is 0.416 e. The number of rotatable bonds is 5. The number of urea groups is 1. The number of benzene rings is 1. The number of halogens is 5. The maximum Gasteiger partial charge on any atom is 0.416 e. The molecule has 35 heavy (non-hydrogen) atoms. The number of aliphatic hydroxyl groups is 1. The molecule has 2 fully saturated rings. The fourth-order valence-electron chi connectivity index (χ4n) is 4.10. The molecule has 188 valence electrons. The van der Waals surface area contributed by atoms with Gasteiger partial charge in [0.05, 0.1) is 23.7 Å². The zero-order chi connectivity index (χ0) is 25.7. The van der Waals surface area contributed by atoms with Gasteiger partial charge in [-0.25, -0.2) is 14.2 Å². The molecule has 13 heteroatoms. The number of carbonyl (C=O) groups is 2. The van der Waals surface area contributed by atoms with Crippen LogP contribution in [0.15, 0.2) is 30.3 Å². The molecule has 1 unspecified atom stereocenters. The number of amides is 3. The first-order valence-electron chi connectivity index (χ1n) is 10.6. The monoisotopic (exact) mass is 515 g/mol. The van der Waals surface area contributed by atoms with Gasteiger partial charge in [0.2, 0.25) is 0 Å². The Balaban J connectivity index is 1.72. The predicted molar refractivity (Wildman–Crippen MR) is 120 cm³/mol. The van der Waals surface area contributed by atoms with Crippen molar-refractivity contribution in [1.29, 1.82) is 0 Å². The van der Waals surface area contributed by atoms with Crippen molar-refractivity contribution in [2.75, 3.05) is 43.0 Å². The number of alkyl halides is 3. The van der Waals surface area contributed by atoms with Crippen LogP contribution in [-0.4, -0.2) is 71.8 Å². The number of β-amino-alcohol motifs (C(OH)–C–C–N with tert-alkyl or cyclic N) is 1. The van der Waals surface area contributed by atoms with E-state index in [2.05, 4.69) is 10.3 Å². The van der Waals surface area contributed by atoms with E-state index in [1.165, 1.54) is 31.0 Å². The Morgan fingerprint density at radius 3 is 2.57 bits per heavy atom. The minimum absolute atomic E-state index is 0.00719. The van der Waals surface area contributed by atoms with Crippen molar-refractivity contribution < 1.29 is 32.3 Å². The van der Waals surface area contributed by atoms with Gasteiger partial charge in [0, 0.05) is 31.5 Å². The molecular weight excluding hydrogens is 494 g/mol. The van der Waals surface area contributed by atoms with Gasteiger partial charge < -0.3 is 20.2 Å². The van der Waals surface area contributed by atoms with Crippen LogP contribution in [0, 0.1) is 12.7 Å². The van der Waals surface area contributed by atoms with Crippen LogP contribution in [0.3, 0.4) is 0 Å². The average molecular weight is 516 g/mol. The van der Waals surface area contributed by atoms with Crippen molar-refractivity contribution in [3.8, 4) is 0 Å². The van der Waals surface area contributed by atoms with Crippen molar-refractivity contribution >= 4 is 35.0 Å². The number of nitrogens with one attached hydrogen (secondary N) is 1. The fourth-order valence-corrected chi connectivity index (χ4v) is 4.27. The van der Waals surface area contributed by atoms with E-state index in [0.717, 1.165) is 21.9 Å². The first-order chi connectivity index (χ1) is 16.3. The van der Waals surface area contributed by atoms with Crippen molar-refractivity contribution in [1.82, 2.24) is 15.2 Å². The minimum Gasteiger partial charge on any atom is -0.385 e. The van der Waals surface area contributed by atoms with Gasteiger partial charge in [0.25, 0.3) is 5.91 Å². The van der Waals surface area contributed by atoms with Crippen LogP contribution in [0.1, 0.15) is 11.3 Å². The Morgan fingerprint density at radius 1 is 1.31 bits per heavy atom. The lowest BCUT2D eigenvalue weighted by molar-refractivity contribution is -0.137. The zero-order valence-corrected chi connectivity index (χ0v) is 19.5. The molecule has 4 rings (SSSR count). The van der Waals surface area contributed by atoms with E-state index in [4.69, 9.17) is 11.6 Å². The normalized spacial score (nSPS) is 19.7. The summed E-state index contributed by atoms with van der Waals surface area (Å²) in [6.07, 6.45) is -4.70. The summed E-state index contributed by atoms with van der Waals surface area (Å²) in [7, 11) is 1.38. The van der Waals surface area contributed by atoms with E-state index >= 15 is 0 Å². The third-order valence-corrected chi connectivity index (χ3v) is 6.28. The van der Waals surface area contributed by atoms with Crippen molar-refractivity contribution in [3.05, 3.63) is 52.4 Å². The summed E-state index contributed by atoms with van der Waals surface area (Å²) in [6.45, 7) is 1.48.